The van der Waals surface area contributed by atoms with Gasteiger partial charge in [0.1, 0.15) is 21.9 Å². The predicted octanol–water partition coefficient (Wildman–Crippen LogP) is 6.22. The van der Waals surface area contributed by atoms with Crippen molar-refractivity contribution >= 4 is 68.0 Å². The molecule has 0 spiro atoms. The van der Waals surface area contributed by atoms with Crippen LogP contribution in [0.4, 0.5) is 27.7 Å². The molecule has 0 fully saturated rings. The second kappa shape index (κ2) is 9.85. The Balaban J connectivity index is 1.47. The minimum absolute atomic E-state index is 0.307. The van der Waals surface area contributed by atoms with Crippen LogP contribution >= 0.6 is 22.9 Å². The van der Waals surface area contributed by atoms with Crippen LogP contribution in [0.1, 0.15) is 22.2 Å². The zero-order chi connectivity index (χ0) is 23.4. The lowest BCUT2D eigenvalue weighted by Crippen LogP contribution is -2.19. The van der Waals surface area contributed by atoms with Gasteiger partial charge in [-0.3, -0.25) is 0 Å². The average molecular weight is 482 g/mol. The topological polar surface area (TPSA) is 105 Å². The number of aryl methyl sites for hydroxylation is 1. The summed E-state index contributed by atoms with van der Waals surface area (Å²) in [7, 11) is 0. The molecule has 4 aromatic rings. The zero-order valence-corrected chi connectivity index (χ0v) is 19.4. The Kier molecular flexibility index (Phi) is 6.71. The highest BCUT2D eigenvalue weighted by Gasteiger charge is 2.20. The molecule has 2 aromatic heterocycles. The molecular formula is C23H20ClN5O3S. The molecule has 0 aliphatic heterocycles. The molecule has 10 heteroatoms. The molecule has 0 bridgehead atoms. The van der Waals surface area contributed by atoms with Gasteiger partial charge >= 0.3 is 12.0 Å². The lowest BCUT2D eigenvalue weighted by molar-refractivity contribution is 0.0531. The van der Waals surface area contributed by atoms with Crippen LogP contribution in [-0.4, -0.2) is 28.6 Å². The molecule has 2 aromatic carbocycles. The zero-order valence-electron chi connectivity index (χ0n) is 17.8. The number of benzene rings is 2. The van der Waals surface area contributed by atoms with E-state index in [2.05, 4.69) is 25.9 Å². The number of anilines is 4. The van der Waals surface area contributed by atoms with Crippen molar-refractivity contribution in [3.8, 4) is 0 Å². The fourth-order valence-corrected chi connectivity index (χ4v) is 4.33. The number of nitrogens with one attached hydrogen (secondary N) is 3. The van der Waals surface area contributed by atoms with E-state index in [-0.39, 0.29) is 12.0 Å². The molecule has 33 heavy (non-hydrogen) atoms. The summed E-state index contributed by atoms with van der Waals surface area (Å²) in [4.78, 5) is 34.3. The van der Waals surface area contributed by atoms with Crippen LogP contribution in [-0.2, 0) is 4.74 Å². The second-order valence-electron chi connectivity index (χ2n) is 6.97. The number of hydrogen-bond donors (Lipinski definition) is 3. The lowest BCUT2D eigenvalue weighted by Gasteiger charge is -2.10. The Labute approximate surface area is 199 Å². The number of carbonyl (C=O) groups is 2. The van der Waals surface area contributed by atoms with E-state index in [4.69, 9.17) is 16.3 Å². The van der Waals surface area contributed by atoms with Crippen LogP contribution in [0.5, 0.6) is 0 Å². The smallest absolute Gasteiger partial charge is 0.348 e. The van der Waals surface area contributed by atoms with Gasteiger partial charge in [0.05, 0.1) is 12.0 Å². The summed E-state index contributed by atoms with van der Waals surface area (Å²) in [5, 5.41) is 10.1. The maximum atomic E-state index is 12.2. The van der Waals surface area contributed by atoms with Gasteiger partial charge in [0.15, 0.2) is 0 Å². The molecule has 0 atom stereocenters. The van der Waals surface area contributed by atoms with Gasteiger partial charge in [0.2, 0.25) is 0 Å². The number of fused-ring (bicyclic) bond motifs is 1. The minimum atomic E-state index is -0.365. The number of ether oxygens (including phenoxy) is 1. The summed E-state index contributed by atoms with van der Waals surface area (Å²) in [5.74, 6) is 0.224. The average Bonchev–Trinajstić information content (AvgIpc) is 3.14. The van der Waals surface area contributed by atoms with E-state index >= 15 is 0 Å². The van der Waals surface area contributed by atoms with Gasteiger partial charge < -0.3 is 20.7 Å². The molecular weight excluding hydrogens is 462 g/mol. The van der Waals surface area contributed by atoms with Crippen molar-refractivity contribution in [2.24, 2.45) is 0 Å². The number of carbonyl (C=O) groups excluding carboxylic acids is 2. The monoisotopic (exact) mass is 481 g/mol. The molecule has 0 aliphatic carbocycles. The van der Waals surface area contributed by atoms with Crippen molar-refractivity contribution in [1.29, 1.82) is 0 Å². The quantitative estimate of drug-likeness (QED) is 0.282. The van der Waals surface area contributed by atoms with Crippen LogP contribution in [0, 0.1) is 6.92 Å². The number of amides is 2. The Morgan fingerprint density at radius 3 is 2.21 bits per heavy atom. The van der Waals surface area contributed by atoms with E-state index in [1.807, 2.05) is 19.1 Å². The van der Waals surface area contributed by atoms with Crippen molar-refractivity contribution in [2.75, 3.05) is 22.6 Å². The highest BCUT2D eigenvalue weighted by atomic mass is 35.5. The number of esters is 1. The Hall–Kier alpha value is -3.69. The molecule has 2 amide bonds. The van der Waals surface area contributed by atoms with Crippen LogP contribution in [0.25, 0.3) is 10.2 Å². The van der Waals surface area contributed by atoms with E-state index < -0.39 is 0 Å². The maximum absolute atomic E-state index is 12.2. The van der Waals surface area contributed by atoms with Gasteiger partial charge in [-0.2, -0.15) is 0 Å². The third-order valence-electron chi connectivity index (χ3n) is 4.70. The molecule has 0 radical (unpaired) electrons. The molecule has 0 saturated carbocycles. The van der Waals surface area contributed by atoms with Gasteiger partial charge in [-0.25, -0.2) is 19.6 Å². The van der Waals surface area contributed by atoms with Crippen LogP contribution < -0.4 is 16.0 Å². The fraction of sp³-hybridized carbons (Fsp3) is 0.130. The summed E-state index contributed by atoms with van der Waals surface area (Å²) < 4.78 is 5.14. The largest absolute Gasteiger partial charge is 0.462 e. The SMILES string of the molecule is CCOC(=O)c1sc2ncnc(Nc3ccc(NC(=O)Nc4ccc(Cl)cc4)cc3)c2c1C. The van der Waals surface area contributed by atoms with Gasteiger partial charge in [-0.05, 0) is 67.9 Å². The molecule has 0 saturated heterocycles. The van der Waals surface area contributed by atoms with E-state index in [1.54, 1.807) is 43.3 Å². The first kappa shape index (κ1) is 22.5. The van der Waals surface area contributed by atoms with Gasteiger partial charge in [0, 0.05) is 22.1 Å². The Morgan fingerprint density at radius 2 is 1.58 bits per heavy atom. The molecule has 0 unspecified atom stereocenters. The Bertz CT molecular complexity index is 1310. The highest BCUT2D eigenvalue weighted by molar-refractivity contribution is 7.20. The van der Waals surface area contributed by atoms with E-state index in [0.29, 0.717) is 38.5 Å². The lowest BCUT2D eigenvalue weighted by atomic mass is 10.2. The number of nitrogens with zero attached hydrogens (tertiary/aromatic N) is 2. The first-order valence-corrected chi connectivity index (χ1v) is 11.3. The summed E-state index contributed by atoms with van der Waals surface area (Å²) >= 11 is 7.14. The van der Waals surface area contributed by atoms with E-state index in [9.17, 15) is 9.59 Å². The normalized spacial score (nSPS) is 10.6. The van der Waals surface area contributed by atoms with Crippen molar-refractivity contribution in [2.45, 2.75) is 13.8 Å². The number of aromatic nitrogens is 2. The van der Waals surface area contributed by atoms with Gasteiger partial charge in [0.25, 0.3) is 0 Å². The second-order valence-corrected chi connectivity index (χ2v) is 8.40. The summed E-state index contributed by atoms with van der Waals surface area (Å²) in [5.41, 5.74) is 2.79. The van der Waals surface area contributed by atoms with Crippen LogP contribution in [0.3, 0.4) is 0 Å². The first-order chi connectivity index (χ1) is 15.9. The number of hydrogen-bond acceptors (Lipinski definition) is 7. The molecule has 168 valence electrons. The van der Waals surface area contributed by atoms with Crippen LogP contribution in [0.2, 0.25) is 5.02 Å². The third kappa shape index (κ3) is 5.21. The standard InChI is InChI=1S/C23H20ClN5O3S/c1-3-32-22(30)19-13(2)18-20(25-12-26-21(18)33-19)27-15-8-10-17(11-9-15)29-23(31)28-16-6-4-14(24)5-7-16/h4-12H,3H2,1-2H3,(H,25,26,27)(H2,28,29,31). The molecule has 3 N–H and O–H groups in total. The van der Waals surface area contributed by atoms with Crippen molar-refractivity contribution in [3.05, 3.63) is 70.3 Å². The molecule has 8 nitrogen and oxygen atoms in total. The predicted molar refractivity (Wildman–Crippen MR) is 132 cm³/mol. The Morgan fingerprint density at radius 1 is 0.970 bits per heavy atom. The number of thiophene rings is 1. The van der Waals surface area contributed by atoms with Gasteiger partial charge in [-0.15, -0.1) is 11.3 Å². The molecule has 0 aliphatic rings. The maximum Gasteiger partial charge on any atom is 0.348 e. The highest BCUT2D eigenvalue weighted by Crippen LogP contribution is 2.35. The van der Waals surface area contributed by atoms with E-state index in [1.165, 1.54) is 17.7 Å². The molecule has 4 rings (SSSR count). The number of halogens is 1. The van der Waals surface area contributed by atoms with Gasteiger partial charge in [-0.1, -0.05) is 11.6 Å². The summed E-state index contributed by atoms with van der Waals surface area (Å²) in [6, 6.07) is 13.7. The van der Waals surface area contributed by atoms with Crippen LogP contribution in [0.15, 0.2) is 54.9 Å². The number of rotatable bonds is 6. The number of urea groups is 1. The van der Waals surface area contributed by atoms with Crippen molar-refractivity contribution in [1.82, 2.24) is 9.97 Å². The van der Waals surface area contributed by atoms with Crippen molar-refractivity contribution in [3.63, 3.8) is 0 Å². The summed E-state index contributed by atoms with van der Waals surface area (Å²) in [6.45, 7) is 3.93. The third-order valence-corrected chi connectivity index (χ3v) is 6.13. The van der Waals surface area contributed by atoms with E-state index in [0.717, 1.165) is 16.6 Å². The first-order valence-electron chi connectivity index (χ1n) is 10.1. The van der Waals surface area contributed by atoms with Crippen molar-refractivity contribution < 1.29 is 14.3 Å². The summed E-state index contributed by atoms with van der Waals surface area (Å²) in [6.07, 6.45) is 1.45. The minimum Gasteiger partial charge on any atom is -0.462 e. The fourth-order valence-electron chi connectivity index (χ4n) is 3.16. The molecule has 2 heterocycles.